The van der Waals surface area contributed by atoms with Crippen LogP contribution in [0.4, 0.5) is 5.69 Å². The minimum Gasteiger partial charge on any atom is -0.497 e. The first kappa shape index (κ1) is 10.3. The van der Waals surface area contributed by atoms with Gasteiger partial charge in [-0.15, -0.1) is 0 Å². The summed E-state index contributed by atoms with van der Waals surface area (Å²) in [6.07, 6.45) is 2.51. The number of anilines is 1. The Kier molecular flexibility index (Phi) is 2.85. The third kappa shape index (κ3) is 1.81. The third-order valence-electron chi connectivity index (χ3n) is 3.22. The molecule has 0 aliphatic carbocycles. The lowest BCUT2D eigenvalue weighted by Crippen LogP contribution is -2.15. The van der Waals surface area contributed by atoms with Crippen LogP contribution < -0.4 is 9.64 Å². The Morgan fingerprint density at radius 1 is 1.47 bits per heavy atom. The number of hydrogen-bond acceptors (Lipinski definition) is 2. The molecule has 0 spiro atoms. The van der Waals surface area contributed by atoms with E-state index in [2.05, 4.69) is 31.0 Å². The van der Waals surface area contributed by atoms with E-state index in [-0.39, 0.29) is 0 Å². The van der Waals surface area contributed by atoms with Crippen molar-refractivity contribution in [3.8, 4) is 5.75 Å². The zero-order valence-corrected chi connectivity index (χ0v) is 9.79. The fraction of sp³-hybridized carbons (Fsp3) is 0.538. The topological polar surface area (TPSA) is 12.5 Å². The second-order valence-electron chi connectivity index (χ2n) is 4.29. The van der Waals surface area contributed by atoms with Gasteiger partial charge in [-0.05, 0) is 30.2 Å². The molecule has 1 heterocycles. The van der Waals surface area contributed by atoms with Crippen molar-refractivity contribution in [1.82, 2.24) is 0 Å². The summed E-state index contributed by atoms with van der Waals surface area (Å²) >= 11 is 0. The highest BCUT2D eigenvalue weighted by molar-refractivity contribution is 5.61. The van der Waals surface area contributed by atoms with Gasteiger partial charge in [-0.1, -0.05) is 13.3 Å². The van der Waals surface area contributed by atoms with E-state index in [4.69, 9.17) is 4.74 Å². The quantitative estimate of drug-likeness (QED) is 0.752. The number of ether oxygens (including phenoxy) is 1. The minimum atomic E-state index is 0.685. The first-order valence-electron chi connectivity index (χ1n) is 5.65. The fourth-order valence-electron chi connectivity index (χ4n) is 2.46. The van der Waals surface area contributed by atoms with Crippen LogP contribution in [0.3, 0.4) is 0 Å². The SMILES string of the molecule is CCCC1CN(C)c2ccc(OC)cc21. The van der Waals surface area contributed by atoms with Crippen molar-refractivity contribution in [3.05, 3.63) is 23.8 Å². The summed E-state index contributed by atoms with van der Waals surface area (Å²) in [4.78, 5) is 2.34. The molecule has 0 saturated carbocycles. The number of nitrogens with zero attached hydrogens (tertiary/aromatic N) is 1. The predicted molar refractivity (Wildman–Crippen MR) is 63.9 cm³/mol. The molecule has 1 unspecified atom stereocenters. The number of benzene rings is 1. The molecular weight excluding hydrogens is 186 g/mol. The van der Waals surface area contributed by atoms with E-state index in [9.17, 15) is 0 Å². The highest BCUT2D eigenvalue weighted by Gasteiger charge is 2.25. The van der Waals surface area contributed by atoms with Crippen LogP contribution >= 0.6 is 0 Å². The summed E-state index contributed by atoms with van der Waals surface area (Å²) in [6.45, 7) is 3.40. The van der Waals surface area contributed by atoms with Gasteiger partial charge in [-0.3, -0.25) is 0 Å². The van der Waals surface area contributed by atoms with Gasteiger partial charge in [0.2, 0.25) is 0 Å². The average Bonchev–Trinajstić information content (AvgIpc) is 2.56. The van der Waals surface area contributed by atoms with Crippen LogP contribution in [-0.4, -0.2) is 20.7 Å². The van der Waals surface area contributed by atoms with Crippen LogP contribution in [0.25, 0.3) is 0 Å². The average molecular weight is 205 g/mol. The van der Waals surface area contributed by atoms with E-state index in [1.807, 2.05) is 6.07 Å². The highest BCUT2D eigenvalue weighted by Crippen LogP contribution is 2.39. The van der Waals surface area contributed by atoms with Crippen molar-refractivity contribution in [2.24, 2.45) is 0 Å². The van der Waals surface area contributed by atoms with E-state index in [0.29, 0.717) is 5.92 Å². The molecule has 0 saturated heterocycles. The number of rotatable bonds is 3. The lowest BCUT2D eigenvalue weighted by molar-refractivity contribution is 0.414. The van der Waals surface area contributed by atoms with Crippen molar-refractivity contribution in [3.63, 3.8) is 0 Å². The van der Waals surface area contributed by atoms with Gasteiger partial charge in [0.25, 0.3) is 0 Å². The van der Waals surface area contributed by atoms with Crippen LogP contribution in [0, 0.1) is 0 Å². The van der Waals surface area contributed by atoms with Gasteiger partial charge in [0, 0.05) is 25.2 Å². The normalized spacial score (nSPS) is 19.1. The Morgan fingerprint density at radius 2 is 2.27 bits per heavy atom. The summed E-state index contributed by atoms with van der Waals surface area (Å²) in [5, 5.41) is 0. The van der Waals surface area contributed by atoms with E-state index in [1.54, 1.807) is 7.11 Å². The van der Waals surface area contributed by atoms with Gasteiger partial charge in [0.15, 0.2) is 0 Å². The summed E-state index contributed by atoms with van der Waals surface area (Å²) in [5.74, 6) is 1.66. The third-order valence-corrected chi connectivity index (χ3v) is 3.22. The van der Waals surface area contributed by atoms with Crippen molar-refractivity contribution in [2.75, 3.05) is 25.6 Å². The second-order valence-corrected chi connectivity index (χ2v) is 4.29. The van der Waals surface area contributed by atoms with Crippen LogP contribution in [-0.2, 0) is 0 Å². The molecule has 0 bridgehead atoms. The van der Waals surface area contributed by atoms with Gasteiger partial charge in [-0.25, -0.2) is 0 Å². The number of fused-ring (bicyclic) bond motifs is 1. The Balaban J connectivity index is 2.34. The zero-order valence-electron chi connectivity index (χ0n) is 9.79. The maximum atomic E-state index is 5.28. The molecule has 1 aromatic rings. The number of likely N-dealkylation sites (N-methyl/N-ethyl adjacent to an activating group) is 1. The molecule has 1 aliphatic heterocycles. The van der Waals surface area contributed by atoms with Gasteiger partial charge in [0.1, 0.15) is 5.75 Å². The fourth-order valence-corrected chi connectivity index (χ4v) is 2.46. The molecule has 0 aromatic heterocycles. The first-order chi connectivity index (χ1) is 7.26. The molecule has 1 aliphatic rings. The van der Waals surface area contributed by atoms with Gasteiger partial charge < -0.3 is 9.64 Å². The summed E-state index contributed by atoms with van der Waals surface area (Å²) in [6, 6.07) is 6.41. The van der Waals surface area contributed by atoms with Crippen LogP contribution in [0.15, 0.2) is 18.2 Å². The molecule has 82 valence electrons. The van der Waals surface area contributed by atoms with Crippen LogP contribution in [0.5, 0.6) is 5.75 Å². The standard InChI is InChI=1S/C13H19NO/c1-4-5-10-9-14(2)13-7-6-11(15-3)8-12(10)13/h6-8,10H,4-5,9H2,1-3H3. The summed E-state index contributed by atoms with van der Waals surface area (Å²) in [7, 11) is 3.90. The molecule has 2 nitrogen and oxygen atoms in total. The van der Waals surface area contributed by atoms with Crippen LogP contribution in [0.1, 0.15) is 31.2 Å². The Labute approximate surface area is 91.9 Å². The molecule has 2 heteroatoms. The maximum Gasteiger partial charge on any atom is 0.119 e. The lowest BCUT2D eigenvalue weighted by Gasteiger charge is -2.11. The Hall–Kier alpha value is -1.18. The van der Waals surface area contributed by atoms with Crippen molar-refractivity contribution < 1.29 is 4.74 Å². The van der Waals surface area contributed by atoms with E-state index >= 15 is 0 Å². The van der Waals surface area contributed by atoms with Crippen LogP contribution in [0.2, 0.25) is 0 Å². The largest absolute Gasteiger partial charge is 0.497 e. The van der Waals surface area contributed by atoms with E-state index in [0.717, 1.165) is 12.3 Å². The minimum absolute atomic E-state index is 0.685. The smallest absolute Gasteiger partial charge is 0.119 e. The molecule has 2 rings (SSSR count). The van der Waals surface area contributed by atoms with Crippen molar-refractivity contribution in [2.45, 2.75) is 25.7 Å². The lowest BCUT2D eigenvalue weighted by atomic mass is 9.96. The molecule has 0 radical (unpaired) electrons. The van der Waals surface area contributed by atoms with Crippen molar-refractivity contribution in [1.29, 1.82) is 0 Å². The summed E-state index contributed by atoms with van der Waals surface area (Å²) < 4.78 is 5.28. The number of hydrogen-bond donors (Lipinski definition) is 0. The first-order valence-corrected chi connectivity index (χ1v) is 5.65. The van der Waals surface area contributed by atoms with Gasteiger partial charge >= 0.3 is 0 Å². The van der Waals surface area contributed by atoms with Gasteiger partial charge in [0.05, 0.1) is 7.11 Å². The van der Waals surface area contributed by atoms with E-state index < -0.39 is 0 Å². The molecular formula is C13H19NO. The molecule has 1 atom stereocenters. The Bertz CT molecular complexity index is 348. The number of methoxy groups -OCH3 is 1. The summed E-state index contributed by atoms with van der Waals surface area (Å²) in [5.41, 5.74) is 2.83. The van der Waals surface area contributed by atoms with Crippen molar-refractivity contribution >= 4 is 5.69 Å². The zero-order chi connectivity index (χ0) is 10.8. The van der Waals surface area contributed by atoms with E-state index in [1.165, 1.54) is 24.1 Å². The highest BCUT2D eigenvalue weighted by atomic mass is 16.5. The Morgan fingerprint density at radius 3 is 2.93 bits per heavy atom. The molecule has 0 fully saturated rings. The predicted octanol–water partition coefficient (Wildman–Crippen LogP) is 3.03. The maximum absolute atomic E-state index is 5.28. The monoisotopic (exact) mass is 205 g/mol. The molecule has 1 aromatic carbocycles. The molecule has 15 heavy (non-hydrogen) atoms. The molecule has 0 amide bonds. The molecule has 0 N–H and O–H groups in total. The van der Waals surface area contributed by atoms with Gasteiger partial charge in [-0.2, -0.15) is 0 Å². The second kappa shape index (κ2) is 4.13.